The van der Waals surface area contributed by atoms with Gasteiger partial charge in [0.05, 0.1) is 17.5 Å². The van der Waals surface area contributed by atoms with Gasteiger partial charge in [-0.15, -0.1) is 0 Å². The molecule has 1 aliphatic carbocycles. The van der Waals surface area contributed by atoms with Gasteiger partial charge in [0.2, 0.25) is 0 Å². The van der Waals surface area contributed by atoms with Gasteiger partial charge < -0.3 is 20.5 Å². The summed E-state index contributed by atoms with van der Waals surface area (Å²) < 4.78 is 13.3. The number of amides is 3. The Hall–Kier alpha value is -5.32. The molecule has 0 radical (unpaired) electrons. The van der Waals surface area contributed by atoms with Crippen molar-refractivity contribution in [2.24, 2.45) is 0 Å². The average Bonchev–Trinajstić information content (AvgIpc) is 3.46. The number of halogens is 1. The number of pyridine rings is 1. The van der Waals surface area contributed by atoms with Crippen LogP contribution >= 0.6 is 0 Å². The normalized spacial score (nSPS) is 12.8. The lowest BCUT2D eigenvalue weighted by Crippen LogP contribution is -2.27. The van der Waals surface area contributed by atoms with E-state index in [0.29, 0.717) is 33.4 Å². The third kappa shape index (κ3) is 4.92. The van der Waals surface area contributed by atoms with Crippen molar-refractivity contribution >= 4 is 40.1 Å². The van der Waals surface area contributed by atoms with E-state index in [1.807, 2.05) is 0 Å². The summed E-state index contributed by atoms with van der Waals surface area (Å²) >= 11 is 0. The number of benzene rings is 2. The molecule has 3 heterocycles. The standard InChI is InChI=1S/C29H24FN7O3/c1-37(29(40)16-5-7-18(30)8-6-16)20-11-12-21-24(13-20)35-26(25(21)28(39)33-19-9-10-19)36-27(38)23-4-2-3-22(34-23)17-14-31-32-15-17/h2-8,11-15,19,35H,9-10H2,1H3,(H,31,32)(H,33,39)(H,36,38). The summed E-state index contributed by atoms with van der Waals surface area (Å²) in [6.45, 7) is 0. The van der Waals surface area contributed by atoms with Gasteiger partial charge in [-0.3, -0.25) is 19.5 Å². The molecule has 3 aromatic heterocycles. The van der Waals surface area contributed by atoms with Crippen molar-refractivity contribution in [1.29, 1.82) is 0 Å². The second-order valence-corrected chi connectivity index (χ2v) is 9.57. The number of aromatic nitrogens is 4. The Kier molecular flexibility index (Phi) is 6.31. The van der Waals surface area contributed by atoms with Crippen LogP contribution in [0.5, 0.6) is 0 Å². The predicted octanol–water partition coefficient (Wildman–Crippen LogP) is 4.51. The SMILES string of the molecule is CN(C(=O)c1ccc(F)cc1)c1ccc2c(C(=O)NC3CC3)c(NC(=O)c3cccc(-c4cn[nH]c4)n3)[nH]c2c1. The summed E-state index contributed by atoms with van der Waals surface area (Å²) in [4.78, 5) is 48.5. The minimum atomic E-state index is -0.499. The summed E-state index contributed by atoms with van der Waals surface area (Å²) in [5.74, 6) is -1.34. The van der Waals surface area contributed by atoms with Crippen LogP contribution < -0.4 is 15.5 Å². The molecule has 4 N–H and O–H groups in total. The maximum atomic E-state index is 13.3. The average molecular weight is 538 g/mol. The van der Waals surface area contributed by atoms with Crippen LogP contribution in [0.2, 0.25) is 0 Å². The number of aromatic amines is 2. The van der Waals surface area contributed by atoms with Crippen LogP contribution in [0.1, 0.15) is 44.0 Å². The molecular formula is C29H24FN7O3. The van der Waals surface area contributed by atoms with Gasteiger partial charge in [0.1, 0.15) is 17.3 Å². The highest BCUT2D eigenvalue weighted by Crippen LogP contribution is 2.31. The van der Waals surface area contributed by atoms with Gasteiger partial charge in [-0.1, -0.05) is 6.07 Å². The van der Waals surface area contributed by atoms with Gasteiger partial charge in [0.15, 0.2) is 0 Å². The first-order valence-electron chi connectivity index (χ1n) is 12.6. The molecule has 0 unspecified atom stereocenters. The smallest absolute Gasteiger partial charge is 0.275 e. The number of hydrogen-bond donors (Lipinski definition) is 4. The largest absolute Gasteiger partial charge is 0.349 e. The maximum Gasteiger partial charge on any atom is 0.275 e. The molecule has 0 bridgehead atoms. The second kappa shape index (κ2) is 10.1. The molecule has 0 atom stereocenters. The first kappa shape index (κ1) is 25.0. The number of nitrogens with zero attached hydrogens (tertiary/aromatic N) is 3. The molecule has 40 heavy (non-hydrogen) atoms. The predicted molar refractivity (Wildman–Crippen MR) is 148 cm³/mol. The Bertz CT molecular complexity index is 1740. The highest BCUT2D eigenvalue weighted by molar-refractivity contribution is 6.16. The lowest BCUT2D eigenvalue weighted by atomic mass is 10.1. The van der Waals surface area contributed by atoms with Crippen LogP contribution in [0.15, 0.2) is 73.1 Å². The number of anilines is 2. The van der Waals surface area contributed by atoms with Crippen molar-refractivity contribution in [3.8, 4) is 11.3 Å². The highest BCUT2D eigenvalue weighted by Gasteiger charge is 2.28. The van der Waals surface area contributed by atoms with Crippen molar-refractivity contribution in [3.05, 3.63) is 95.7 Å². The fraction of sp³-hybridized carbons (Fsp3) is 0.138. The molecule has 3 amide bonds. The number of carbonyl (C=O) groups excluding carboxylic acids is 3. The van der Waals surface area contributed by atoms with Crippen LogP contribution in [0.3, 0.4) is 0 Å². The van der Waals surface area contributed by atoms with E-state index >= 15 is 0 Å². The summed E-state index contributed by atoms with van der Waals surface area (Å²) in [6.07, 6.45) is 5.09. The number of nitrogens with one attached hydrogen (secondary N) is 4. The molecule has 11 heteroatoms. The Labute approximate surface area is 227 Å². The van der Waals surface area contributed by atoms with Crippen molar-refractivity contribution in [2.45, 2.75) is 18.9 Å². The number of H-pyrrole nitrogens is 2. The molecule has 1 aliphatic rings. The Balaban J connectivity index is 1.33. The Morgan fingerprint density at radius 1 is 1.02 bits per heavy atom. The van der Waals surface area contributed by atoms with Crippen molar-refractivity contribution in [3.63, 3.8) is 0 Å². The van der Waals surface area contributed by atoms with E-state index in [1.54, 1.807) is 55.8 Å². The summed E-state index contributed by atoms with van der Waals surface area (Å²) in [7, 11) is 1.61. The molecule has 0 aliphatic heterocycles. The molecule has 10 nitrogen and oxygen atoms in total. The zero-order chi connectivity index (χ0) is 27.8. The summed E-state index contributed by atoms with van der Waals surface area (Å²) in [6, 6.07) is 15.6. The van der Waals surface area contributed by atoms with Crippen LogP contribution in [0.4, 0.5) is 15.9 Å². The Morgan fingerprint density at radius 2 is 1.82 bits per heavy atom. The molecule has 2 aromatic carbocycles. The minimum absolute atomic E-state index is 0.105. The number of fused-ring (bicyclic) bond motifs is 1. The zero-order valence-corrected chi connectivity index (χ0v) is 21.4. The molecule has 1 fully saturated rings. The molecule has 6 rings (SSSR count). The van der Waals surface area contributed by atoms with E-state index < -0.39 is 11.7 Å². The van der Waals surface area contributed by atoms with Gasteiger partial charge in [0.25, 0.3) is 17.7 Å². The topological polar surface area (TPSA) is 136 Å². The van der Waals surface area contributed by atoms with E-state index in [2.05, 4.69) is 30.8 Å². The second-order valence-electron chi connectivity index (χ2n) is 9.57. The number of rotatable bonds is 7. The molecule has 0 spiro atoms. The molecule has 1 saturated carbocycles. The van der Waals surface area contributed by atoms with Crippen molar-refractivity contribution in [2.75, 3.05) is 17.3 Å². The van der Waals surface area contributed by atoms with E-state index in [4.69, 9.17) is 0 Å². The lowest BCUT2D eigenvalue weighted by molar-refractivity contribution is 0.0952. The minimum Gasteiger partial charge on any atom is -0.349 e. The van der Waals surface area contributed by atoms with E-state index in [1.165, 1.54) is 29.2 Å². The fourth-order valence-corrected chi connectivity index (χ4v) is 4.40. The molecule has 200 valence electrons. The van der Waals surface area contributed by atoms with E-state index in [-0.39, 0.29) is 29.4 Å². The maximum absolute atomic E-state index is 13.3. The van der Waals surface area contributed by atoms with Gasteiger partial charge in [0, 0.05) is 47.0 Å². The molecule has 0 saturated heterocycles. The van der Waals surface area contributed by atoms with Crippen LogP contribution in [0, 0.1) is 5.82 Å². The van der Waals surface area contributed by atoms with Gasteiger partial charge in [-0.2, -0.15) is 5.10 Å². The fourth-order valence-electron chi connectivity index (χ4n) is 4.40. The van der Waals surface area contributed by atoms with E-state index in [0.717, 1.165) is 18.4 Å². The monoisotopic (exact) mass is 537 g/mol. The van der Waals surface area contributed by atoms with Crippen LogP contribution in [-0.2, 0) is 0 Å². The van der Waals surface area contributed by atoms with Gasteiger partial charge in [-0.25, -0.2) is 9.37 Å². The molecule has 5 aromatic rings. The molecular weight excluding hydrogens is 513 g/mol. The van der Waals surface area contributed by atoms with E-state index in [9.17, 15) is 18.8 Å². The van der Waals surface area contributed by atoms with Crippen molar-refractivity contribution < 1.29 is 18.8 Å². The number of carbonyl (C=O) groups is 3. The summed E-state index contributed by atoms with van der Waals surface area (Å²) in [5, 5.41) is 13.0. The summed E-state index contributed by atoms with van der Waals surface area (Å²) in [5.41, 5.74) is 3.19. The third-order valence-electron chi connectivity index (χ3n) is 6.72. The zero-order valence-electron chi connectivity index (χ0n) is 21.4. The highest BCUT2D eigenvalue weighted by atomic mass is 19.1. The van der Waals surface area contributed by atoms with Gasteiger partial charge >= 0.3 is 0 Å². The first-order chi connectivity index (χ1) is 19.4. The van der Waals surface area contributed by atoms with Gasteiger partial charge in [-0.05, 0) is 67.4 Å². The first-order valence-corrected chi connectivity index (χ1v) is 12.6. The van der Waals surface area contributed by atoms with Crippen LogP contribution in [-0.4, -0.2) is 51.0 Å². The Morgan fingerprint density at radius 3 is 2.55 bits per heavy atom. The van der Waals surface area contributed by atoms with Crippen LogP contribution in [0.25, 0.3) is 22.2 Å². The quantitative estimate of drug-likeness (QED) is 0.242. The third-order valence-corrected chi connectivity index (χ3v) is 6.72. The van der Waals surface area contributed by atoms with Crippen molar-refractivity contribution in [1.82, 2.24) is 25.5 Å². The number of hydrogen-bond acceptors (Lipinski definition) is 5. The lowest BCUT2D eigenvalue weighted by Gasteiger charge is -2.17.